The quantitative estimate of drug-likeness (QED) is 0.709. The molecule has 138 valence electrons. The first kappa shape index (κ1) is 18.9. The number of halogens is 6. The number of nitrogens with zero attached hydrogens (tertiary/aromatic N) is 1. The van der Waals surface area contributed by atoms with Crippen LogP contribution < -0.4 is 0 Å². The third-order valence-corrected chi connectivity index (χ3v) is 4.51. The molecule has 1 aliphatic rings. The molecule has 2 aromatic rings. The predicted octanol–water partition coefficient (Wildman–Crippen LogP) is 5.21. The molecular weight excluding hydrogens is 397 g/mol. The zero-order chi connectivity index (χ0) is 19.1. The van der Waals surface area contributed by atoms with Gasteiger partial charge in [0.25, 0.3) is 5.60 Å². The molecule has 0 fully saturated rings. The van der Waals surface area contributed by atoms with Gasteiger partial charge in [-0.25, -0.2) is 4.39 Å². The average Bonchev–Trinajstić information content (AvgIpc) is 3.00. The van der Waals surface area contributed by atoms with Crippen LogP contribution in [0, 0.1) is 5.82 Å². The van der Waals surface area contributed by atoms with Gasteiger partial charge in [0.1, 0.15) is 5.82 Å². The molecule has 2 aromatic carbocycles. The molecule has 3 rings (SSSR count). The molecule has 0 radical (unpaired) electrons. The minimum absolute atomic E-state index is 0.0199. The van der Waals surface area contributed by atoms with Crippen LogP contribution in [0.15, 0.2) is 41.6 Å². The van der Waals surface area contributed by atoms with Crippen LogP contribution in [0.1, 0.15) is 23.1 Å². The van der Waals surface area contributed by atoms with E-state index < -0.39 is 30.6 Å². The van der Waals surface area contributed by atoms with Crippen molar-refractivity contribution in [2.75, 3.05) is 0 Å². The van der Waals surface area contributed by atoms with E-state index in [1.807, 2.05) is 0 Å². The first-order chi connectivity index (χ1) is 12.2. The fraction of sp³-hybridized carbons (Fsp3) is 0.235. The topological polar surface area (TPSA) is 41.8 Å². The van der Waals surface area contributed by atoms with E-state index in [4.69, 9.17) is 33.1 Å². The molecule has 9 heteroatoms. The lowest BCUT2D eigenvalue weighted by Crippen LogP contribution is -2.42. The van der Waals surface area contributed by atoms with Gasteiger partial charge in [-0.2, -0.15) is 13.2 Å². The average molecular weight is 408 g/mol. The van der Waals surface area contributed by atoms with Crippen molar-refractivity contribution in [1.29, 1.82) is 0 Å². The van der Waals surface area contributed by atoms with Crippen LogP contribution in [0.2, 0.25) is 10.0 Å². The molecule has 1 aliphatic heterocycles. The van der Waals surface area contributed by atoms with Crippen LogP contribution >= 0.6 is 23.2 Å². The molecule has 3 nitrogen and oxygen atoms in total. The molecule has 0 saturated heterocycles. The molecule has 0 bridgehead atoms. The second kappa shape index (κ2) is 6.72. The minimum Gasteiger partial charge on any atom is -0.392 e. The lowest BCUT2D eigenvalue weighted by molar-refractivity contribution is -0.275. The molecule has 0 aromatic heterocycles. The van der Waals surface area contributed by atoms with Crippen LogP contribution in [-0.4, -0.2) is 17.0 Å². The largest absolute Gasteiger partial charge is 0.435 e. The third-order valence-electron chi connectivity index (χ3n) is 4.07. The fourth-order valence-corrected chi connectivity index (χ4v) is 3.23. The number of aliphatic hydroxyl groups excluding tert-OH is 1. The van der Waals surface area contributed by atoms with Gasteiger partial charge in [-0.1, -0.05) is 40.5 Å². The van der Waals surface area contributed by atoms with Crippen molar-refractivity contribution in [1.82, 2.24) is 0 Å². The second-order valence-corrected chi connectivity index (χ2v) is 6.63. The number of hydrogen-bond acceptors (Lipinski definition) is 3. The molecule has 0 aliphatic carbocycles. The third kappa shape index (κ3) is 3.26. The number of aliphatic hydroxyl groups is 1. The van der Waals surface area contributed by atoms with E-state index in [0.717, 1.165) is 18.2 Å². The van der Waals surface area contributed by atoms with Crippen molar-refractivity contribution in [3.63, 3.8) is 0 Å². The fourth-order valence-electron chi connectivity index (χ4n) is 2.70. The van der Waals surface area contributed by atoms with Crippen LogP contribution in [0.4, 0.5) is 17.6 Å². The van der Waals surface area contributed by atoms with Crippen LogP contribution in [0.25, 0.3) is 0 Å². The summed E-state index contributed by atoms with van der Waals surface area (Å²) in [4.78, 5) is 4.84. The molecule has 1 heterocycles. The lowest BCUT2D eigenvalue weighted by atomic mass is 9.86. The van der Waals surface area contributed by atoms with Gasteiger partial charge in [-0.3, -0.25) is 0 Å². The normalized spacial score (nSPS) is 20.0. The van der Waals surface area contributed by atoms with Gasteiger partial charge < -0.3 is 9.94 Å². The Kier molecular flexibility index (Phi) is 4.90. The highest BCUT2D eigenvalue weighted by atomic mass is 35.5. The number of alkyl halides is 3. The van der Waals surface area contributed by atoms with Gasteiger partial charge in [0.2, 0.25) is 0 Å². The molecule has 0 spiro atoms. The van der Waals surface area contributed by atoms with E-state index in [9.17, 15) is 17.6 Å². The van der Waals surface area contributed by atoms with E-state index >= 15 is 0 Å². The van der Waals surface area contributed by atoms with E-state index in [1.54, 1.807) is 0 Å². The minimum atomic E-state index is -4.82. The number of hydrogen-bond donors (Lipinski definition) is 1. The van der Waals surface area contributed by atoms with Crippen molar-refractivity contribution in [3.05, 3.63) is 69.0 Å². The van der Waals surface area contributed by atoms with Gasteiger partial charge in [-0.15, -0.1) is 0 Å². The maximum Gasteiger partial charge on any atom is 0.435 e. The number of rotatable bonds is 3. The zero-order valence-electron chi connectivity index (χ0n) is 12.9. The van der Waals surface area contributed by atoms with E-state index in [2.05, 4.69) is 5.16 Å². The van der Waals surface area contributed by atoms with E-state index in [-0.39, 0.29) is 32.4 Å². The Hall–Kier alpha value is -1.83. The Morgan fingerprint density at radius 1 is 1.12 bits per heavy atom. The first-order valence-electron chi connectivity index (χ1n) is 7.34. The van der Waals surface area contributed by atoms with Gasteiger partial charge in [0, 0.05) is 33.2 Å². The highest BCUT2D eigenvalue weighted by molar-refractivity contribution is 6.34. The molecular formula is C17H11Cl2F4NO2. The second-order valence-electron chi connectivity index (χ2n) is 5.75. The Morgan fingerprint density at radius 3 is 2.31 bits per heavy atom. The van der Waals surface area contributed by atoms with Crippen molar-refractivity contribution in [2.24, 2.45) is 5.16 Å². The maximum atomic E-state index is 13.9. The van der Waals surface area contributed by atoms with E-state index in [1.165, 1.54) is 18.2 Å². The van der Waals surface area contributed by atoms with Crippen molar-refractivity contribution in [3.8, 4) is 0 Å². The lowest BCUT2D eigenvalue weighted by Gasteiger charge is -2.29. The number of oxime groups is 1. The van der Waals surface area contributed by atoms with Crippen LogP contribution in [0.3, 0.4) is 0 Å². The van der Waals surface area contributed by atoms with Crippen LogP contribution in [0.5, 0.6) is 0 Å². The van der Waals surface area contributed by atoms with Crippen molar-refractivity contribution >= 4 is 28.9 Å². The molecule has 1 unspecified atom stereocenters. The van der Waals surface area contributed by atoms with Crippen LogP contribution in [-0.2, 0) is 17.0 Å². The summed E-state index contributed by atoms with van der Waals surface area (Å²) in [5, 5.41) is 12.6. The van der Waals surface area contributed by atoms with E-state index in [0.29, 0.717) is 0 Å². The summed E-state index contributed by atoms with van der Waals surface area (Å²) in [5.41, 5.74) is -3.00. The standard InChI is InChI=1S/C17H11Cl2F4NO2/c18-12-4-11(5-13(19)6-12)16(17(21,22)23)7-15(24-26-16)9-1-2-10(8-25)14(20)3-9/h1-6,25H,7-8H2. The zero-order valence-corrected chi connectivity index (χ0v) is 14.5. The Morgan fingerprint density at radius 2 is 1.77 bits per heavy atom. The Labute approximate surface area is 155 Å². The highest BCUT2D eigenvalue weighted by Gasteiger charge is 2.62. The molecule has 26 heavy (non-hydrogen) atoms. The maximum absolute atomic E-state index is 13.9. The molecule has 1 atom stereocenters. The van der Waals surface area contributed by atoms with Gasteiger partial charge in [0.05, 0.1) is 12.3 Å². The Bertz CT molecular complexity index is 865. The SMILES string of the molecule is OCc1ccc(C2=NOC(c3cc(Cl)cc(Cl)c3)(C(F)(F)F)C2)cc1F. The summed E-state index contributed by atoms with van der Waals surface area (Å²) in [6.07, 6.45) is -5.50. The summed E-state index contributed by atoms with van der Waals surface area (Å²) in [5.74, 6) is -0.747. The summed E-state index contributed by atoms with van der Waals surface area (Å²) >= 11 is 11.7. The Balaban J connectivity index is 2.02. The summed E-state index contributed by atoms with van der Waals surface area (Å²) < 4.78 is 55.4. The number of benzene rings is 2. The summed E-state index contributed by atoms with van der Waals surface area (Å²) in [6.45, 7) is -0.525. The van der Waals surface area contributed by atoms with Gasteiger partial charge >= 0.3 is 6.18 Å². The summed E-state index contributed by atoms with van der Waals surface area (Å²) in [6, 6.07) is 7.16. The van der Waals surface area contributed by atoms with Gasteiger partial charge in [-0.05, 0) is 24.3 Å². The van der Waals surface area contributed by atoms with Gasteiger partial charge in [0.15, 0.2) is 0 Å². The smallest absolute Gasteiger partial charge is 0.392 e. The highest BCUT2D eigenvalue weighted by Crippen LogP contribution is 2.49. The van der Waals surface area contributed by atoms with Crippen molar-refractivity contribution in [2.45, 2.75) is 24.8 Å². The first-order valence-corrected chi connectivity index (χ1v) is 8.10. The predicted molar refractivity (Wildman–Crippen MR) is 88.8 cm³/mol. The molecule has 1 N–H and O–H groups in total. The monoisotopic (exact) mass is 407 g/mol. The van der Waals surface area contributed by atoms with Crippen molar-refractivity contribution < 1.29 is 27.5 Å². The summed E-state index contributed by atoms with van der Waals surface area (Å²) in [7, 11) is 0. The molecule has 0 saturated carbocycles. The molecule has 0 amide bonds.